The molecule has 1 rings (SSSR count). The zero-order valence-electron chi connectivity index (χ0n) is 10.2. The van der Waals surface area contributed by atoms with E-state index in [0.717, 1.165) is 4.88 Å². The van der Waals surface area contributed by atoms with Crippen LogP contribution in [0.2, 0.25) is 0 Å². The molecular formula is C12H15NO5S. The SMILES string of the molecule is O=C(O)CCCC(=O)NC(Cc1cccs1)C(=O)O. The van der Waals surface area contributed by atoms with Gasteiger partial charge < -0.3 is 15.5 Å². The minimum absolute atomic E-state index is 0.0144. The minimum atomic E-state index is -1.10. The summed E-state index contributed by atoms with van der Waals surface area (Å²) >= 11 is 1.43. The van der Waals surface area contributed by atoms with Gasteiger partial charge in [-0.05, 0) is 17.9 Å². The van der Waals surface area contributed by atoms with Crippen LogP contribution in [-0.2, 0) is 20.8 Å². The van der Waals surface area contributed by atoms with Gasteiger partial charge in [-0.15, -0.1) is 11.3 Å². The van der Waals surface area contributed by atoms with Crippen molar-refractivity contribution in [1.82, 2.24) is 5.32 Å². The third-order valence-corrected chi connectivity index (χ3v) is 3.31. The van der Waals surface area contributed by atoms with Crippen LogP contribution >= 0.6 is 11.3 Å². The summed E-state index contributed by atoms with van der Waals surface area (Å²) < 4.78 is 0. The van der Waals surface area contributed by atoms with Crippen LogP contribution in [-0.4, -0.2) is 34.1 Å². The Morgan fingerprint density at radius 1 is 1.26 bits per heavy atom. The molecular weight excluding hydrogens is 270 g/mol. The molecule has 0 bridgehead atoms. The number of amides is 1. The first-order valence-corrected chi connectivity index (χ1v) is 6.63. The molecule has 1 heterocycles. The van der Waals surface area contributed by atoms with Gasteiger partial charge in [0.1, 0.15) is 6.04 Å². The number of hydrogen-bond donors (Lipinski definition) is 3. The molecule has 0 aromatic carbocycles. The summed E-state index contributed by atoms with van der Waals surface area (Å²) in [5, 5.41) is 21.7. The van der Waals surface area contributed by atoms with Gasteiger partial charge in [-0.1, -0.05) is 6.07 Å². The summed E-state index contributed by atoms with van der Waals surface area (Å²) in [5.41, 5.74) is 0. The lowest BCUT2D eigenvalue weighted by Crippen LogP contribution is -2.42. The number of nitrogens with one attached hydrogen (secondary N) is 1. The smallest absolute Gasteiger partial charge is 0.326 e. The van der Waals surface area contributed by atoms with E-state index in [1.165, 1.54) is 11.3 Å². The molecule has 1 amide bonds. The molecule has 19 heavy (non-hydrogen) atoms. The first-order chi connectivity index (χ1) is 8.99. The van der Waals surface area contributed by atoms with E-state index in [4.69, 9.17) is 10.2 Å². The van der Waals surface area contributed by atoms with Gasteiger partial charge in [0.05, 0.1) is 0 Å². The monoisotopic (exact) mass is 285 g/mol. The number of hydrogen-bond acceptors (Lipinski definition) is 4. The van der Waals surface area contributed by atoms with Crippen molar-refractivity contribution in [3.8, 4) is 0 Å². The summed E-state index contributed by atoms with van der Waals surface area (Å²) in [4.78, 5) is 33.7. The van der Waals surface area contributed by atoms with Crippen molar-refractivity contribution in [2.45, 2.75) is 31.7 Å². The zero-order chi connectivity index (χ0) is 14.3. The molecule has 1 aromatic heterocycles. The maximum atomic E-state index is 11.5. The highest BCUT2D eigenvalue weighted by Gasteiger charge is 2.20. The highest BCUT2D eigenvalue weighted by atomic mass is 32.1. The lowest BCUT2D eigenvalue weighted by Gasteiger charge is -2.13. The highest BCUT2D eigenvalue weighted by Crippen LogP contribution is 2.11. The van der Waals surface area contributed by atoms with Gasteiger partial charge in [-0.2, -0.15) is 0 Å². The third-order valence-electron chi connectivity index (χ3n) is 2.41. The Morgan fingerprint density at radius 3 is 2.53 bits per heavy atom. The molecule has 1 aromatic rings. The number of carboxylic acids is 2. The van der Waals surface area contributed by atoms with Gasteiger partial charge in [-0.3, -0.25) is 9.59 Å². The van der Waals surface area contributed by atoms with Gasteiger partial charge in [0, 0.05) is 24.1 Å². The highest BCUT2D eigenvalue weighted by molar-refractivity contribution is 7.09. The van der Waals surface area contributed by atoms with Crippen LogP contribution in [0.1, 0.15) is 24.1 Å². The van der Waals surface area contributed by atoms with Gasteiger partial charge >= 0.3 is 11.9 Å². The van der Waals surface area contributed by atoms with E-state index in [2.05, 4.69) is 5.32 Å². The molecule has 0 saturated carbocycles. The molecule has 0 radical (unpaired) electrons. The first-order valence-electron chi connectivity index (χ1n) is 5.75. The zero-order valence-corrected chi connectivity index (χ0v) is 11.0. The van der Waals surface area contributed by atoms with Crippen molar-refractivity contribution in [2.24, 2.45) is 0 Å². The van der Waals surface area contributed by atoms with Crippen molar-refractivity contribution < 1.29 is 24.6 Å². The Kier molecular flexibility index (Phi) is 6.01. The fraction of sp³-hybridized carbons (Fsp3) is 0.417. The Morgan fingerprint density at radius 2 is 2.00 bits per heavy atom. The van der Waals surface area contributed by atoms with Crippen LogP contribution in [0, 0.1) is 0 Å². The molecule has 0 aliphatic carbocycles. The van der Waals surface area contributed by atoms with Crippen molar-refractivity contribution in [3.63, 3.8) is 0 Å². The quantitative estimate of drug-likeness (QED) is 0.664. The van der Waals surface area contributed by atoms with Crippen molar-refractivity contribution in [3.05, 3.63) is 22.4 Å². The average Bonchev–Trinajstić information content (AvgIpc) is 2.80. The lowest BCUT2D eigenvalue weighted by atomic mass is 10.1. The number of thiophene rings is 1. The summed E-state index contributed by atoms with van der Waals surface area (Å²) in [5.74, 6) is -2.51. The standard InChI is InChI=1S/C12H15NO5S/c14-10(4-1-5-11(15)16)13-9(12(17)18)7-8-3-2-6-19-8/h2-3,6,9H,1,4-5,7H2,(H,13,14)(H,15,16)(H,17,18). The number of carbonyl (C=O) groups is 3. The van der Waals surface area contributed by atoms with E-state index in [0.29, 0.717) is 0 Å². The van der Waals surface area contributed by atoms with E-state index in [1.807, 2.05) is 11.4 Å². The molecule has 3 N–H and O–H groups in total. The number of carboxylic acid groups (broad SMARTS) is 2. The summed E-state index contributed by atoms with van der Waals surface area (Å²) in [6.45, 7) is 0. The largest absolute Gasteiger partial charge is 0.481 e. The lowest BCUT2D eigenvalue weighted by molar-refractivity contribution is -0.142. The van der Waals surface area contributed by atoms with Crippen LogP contribution in [0.25, 0.3) is 0 Å². The van der Waals surface area contributed by atoms with Crippen molar-refractivity contribution >= 4 is 29.2 Å². The summed E-state index contributed by atoms with van der Waals surface area (Å²) in [6, 6.07) is 2.64. The predicted molar refractivity (Wildman–Crippen MR) is 69.1 cm³/mol. The maximum absolute atomic E-state index is 11.5. The second-order valence-corrected chi connectivity index (χ2v) is 5.02. The molecule has 0 aliphatic heterocycles. The van der Waals surface area contributed by atoms with E-state index in [-0.39, 0.29) is 25.7 Å². The number of rotatable bonds is 8. The molecule has 104 valence electrons. The predicted octanol–water partition coefficient (Wildman–Crippen LogP) is 1.11. The number of aliphatic carboxylic acids is 2. The van der Waals surface area contributed by atoms with Crippen LogP contribution < -0.4 is 5.32 Å². The van der Waals surface area contributed by atoms with Crippen molar-refractivity contribution in [2.75, 3.05) is 0 Å². The topological polar surface area (TPSA) is 104 Å². The Bertz CT molecular complexity index is 443. The molecule has 1 unspecified atom stereocenters. The Hall–Kier alpha value is -1.89. The van der Waals surface area contributed by atoms with Gasteiger partial charge in [0.15, 0.2) is 0 Å². The molecule has 0 spiro atoms. The molecule has 7 heteroatoms. The summed E-state index contributed by atoms with van der Waals surface area (Å²) in [6.07, 6.45) is 0.348. The molecule has 0 saturated heterocycles. The van der Waals surface area contributed by atoms with E-state index in [1.54, 1.807) is 6.07 Å². The van der Waals surface area contributed by atoms with Gasteiger partial charge in [-0.25, -0.2) is 4.79 Å². The van der Waals surface area contributed by atoms with Crippen LogP contribution in [0.3, 0.4) is 0 Å². The van der Waals surface area contributed by atoms with E-state index < -0.39 is 23.9 Å². The first kappa shape index (κ1) is 15.2. The second kappa shape index (κ2) is 7.52. The fourth-order valence-electron chi connectivity index (χ4n) is 1.50. The van der Waals surface area contributed by atoms with Gasteiger partial charge in [0.25, 0.3) is 0 Å². The molecule has 6 nitrogen and oxygen atoms in total. The molecule has 0 fully saturated rings. The van der Waals surface area contributed by atoms with E-state index >= 15 is 0 Å². The maximum Gasteiger partial charge on any atom is 0.326 e. The summed E-state index contributed by atoms with van der Waals surface area (Å²) in [7, 11) is 0. The fourth-order valence-corrected chi connectivity index (χ4v) is 2.25. The van der Waals surface area contributed by atoms with Crippen molar-refractivity contribution in [1.29, 1.82) is 0 Å². The van der Waals surface area contributed by atoms with Gasteiger partial charge in [0.2, 0.25) is 5.91 Å². The molecule has 1 atom stereocenters. The molecule has 0 aliphatic rings. The van der Waals surface area contributed by atoms with Crippen LogP contribution in [0.4, 0.5) is 0 Å². The Balaban J connectivity index is 2.42. The third kappa shape index (κ3) is 6.01. The second-order valence-electron chi connectivity index (χ2n) is 3.99. The number of carbonyl (C=O) groups excluding carboxylic acids is 1. The normalized spacial score (nSPS) is 11.8. The van der Waals surface area contributed by atoms with Crippen LogP contribution in [0.15, 0.2) is 17.5 Å². The van der Waals surface area contributed by atoms with Crippen LogP contribution in [0.5, 0.6) is 0 Å². The Labute approximate surface area is 114 Å². The minimum Gasteiger partial charge on any atom is -0.481 e. The van der Waals surface area contributed by atoms with E-state index in [9.17, 15) is 14.4 Å². The average molecular weight is 285 g/mol.